The van der Waals surface area contributed by atoms with Gasteiger partial charge in [0.25, 0.3) is 0 Å². The Morgan fingerprint density at radius 3 is 2.63 bits per heavy atom. The Labute approximate surface area is 158 Å². The van der Waals surface area contributed by atoms with Crippen molar-refractivity contribution in [2.75, 3.05) is 54.5 Å². The quantitative estimate of drug-likeness (QED) is 0.850. The zero-order chi connectivity index (χ0) is 18.5. The van der Waals surface area contributed by atoms with Gasteiger partial charge in [-0.3, -0.25) is 0 Å². The van der Waals surface area contributed by atoms with Gasteiger partial charge in [0.1, 0.15) is 17.6 Å². The van der Waals surface area contributed by atoms with Gasteiger partial charge < -0.3 is 19.9 Å². The van der Waals surface area contributed by atoms with Gasteiger partial charge >= 0.3 is 0 Å². The molecule has 0 bridgehead atoms. The molecular formula is C18H22N8O. The first-order chi connectivity index (χ1) is 13.3. The van der Waals surface area contributed by atoms with Crippen molar-refractivity contribution in [1.82, 2.24) is 19.9 Å². The minimum absolute atomic E-state index is 0.237. The monoisotopic (exact) mass is 366 g/mol. The van der Waals surface area contributed by atoms with Crippen molar-refractivity contribution in [3.63, 3.8) is 0 Å². The molecule has 0 aromatic carbocycles. The smallest absolute Gasteiger partial charge is 0.227 e. The maximum Gasteiger partial charge on any atom is 0.227 e. The second-order valence-corrected chi connectivity index (χ2v) is 6.62. The lowest BCUT2D eigenvalue weighted by Gasteiger charge is -2.33. The van der Waals surface area contributed by atoms with E-state index >= 15 is 0 Å². The van der Waals surface area contributed by atoms with E-state index in [1.165, 1.54) is 0 Å². The predicted octanol–water partition coefficient (Wildman–Crippen LogP) is 1.06. The van der Waals surface area contributed by atoms with E-state index in [4.69, 9.17) is 10.00 Å². The van der Waals surface area contributed by atoms with Crippen LogP contribution in [0.25, 0.3) is 0 Å². The Balaban J connectivity index is 1.42. The third-order valence-corrected chi connectivity index (χ3v) is 4.75. The predicted molar refractivity (Wildman–Crippen MR) is 101 cm³/mol. The Morgan fingerprint density at radius 2 is 1.81 bits per heavy atom. The third kappa shape index (κ3) is 4.23. The molecule has 0 radical (unpaired) electrons. The number of piperidine rings is 1. The normalized spacial score (nSPS) is 20.2. The molecule has 0 saturated carbocycles. The van der Waals surface area contributed by atoms with E-state index in [-0.39, 0.29) is 6.04 Å². The number of nitrogens with one attached hydrogen (secondary N) is 1. The van der Waals surface area contributed by atoms with Crippen molar-refractivity contribution in [2.45, 2.75) is 18.9 Å². The highest BCUT2D eigenvalue weighted by molar-refractivity contribution is 5.43. The largest absolute Gasteiger partial charge is 0.378 e. The summed E-state index contributed by atoms with van der Waals surface area (Å²) < 4.78 is 5.39. The number of morpholine rings is 1. The highest BCUT2D eigenvalue weighted by atomic mass is 16.5. The summed E-state index contributed by atoms with van der Waals surface area (Å²) >= 11 is 0. The average Bonchev–Trinajstić information content (AvgIpc) is 2.75. The van der Waals surface area contributed by atoms with Crippen LogP contribution in [0.3, 0.4) is 0 Å². The lowest BCUT2D eigenvalue weighted by atomic mass is 10.1. The molecule has 2 aliphatic rings. The third-order valence-electron chi connectivity index (χ3n) is 4.75. The molecule has 140 valence electrons. The number of hydrogen-bond acceptors (Lipinski definition) is 9. The van der Waals surface area contributed by atoms with Crippen LogP contribution in [0.15, 0.2) is 24.5 Å². The van der Waals surface area contributed by atoms with E-state index in [9.17, 15) is 0 Å². The highest BCUT2D eigenvalue weighted by Crippen LogP contribution is 2.20. The molecule has 2 aliphatic heterocycles. The summed E-state index contributed by atoms with van der Waals surface area (Å²) in [6.45, 7) is 4.70. The van der Waals surface area contributed by atoms with Gasteiger partial charge in [-0.25, -0.2) is 15.0 Å². The van der Waals surface area contributed by atoms with Gasteiger partial charge in [-0.2, -0.15) is 10.2 Å². The van der Waals surface area contributed by atoms with Crippen molar-refractivity contribution in [2.24, 2.45) is 0 Å². The molecule has 0 amide bonds. The van der Waals surface area contributed by atoms with Gasteiger partial charge in [0.05, 0.1) is 13.2 Å². The van der Waals surface area contributed by atoms with E-state index in [1.54, 1.807) is 18.5 Å². The summed E-state index contributed by atoms with van der Waals surface area (Å²) in [5, 5.41) is 12.6. The topological polar surface area (TPSA) is 103 Å². The van der Waals surface area contributed by atoms with Crippen molar-refractivity contribution in [3.8, 4) is 6.07 Å². The van der Waals surface area contributed by atoms with Gasteiger partial charge in [0, 0.05) is 44.6 Å². The van der Waals surface area contributed by atoms with Crippen molar-refractivity contribution in [3.05, 3.63) is 30.2 Å². The van der Waals surface area contributed by atoms with Gasteiger partial charge in [0.2, 0.25) is 11.9 Å². The summed E-state index contributed by atoms with van der Waals surface area (Å²) in [6.07, 6.45) is 5.50. The number of nitriles is 1. The van der Waals surface area contributed by atoms with Crippen LogP contribution in [-0.4, -0.2) is 65.4 Å². The minimum Gasteiger partial charge on any atom is -0.378 e. The van der Waals surface area contributed by atoms with Gasteiger partial charge in [0.15, 0.2) is 0 Å². The fourth-order valence-corrected chi connectivity index (χ4v) is 3.39. The molecule has 9 heteroatoms. The van der Waals surface area contributed by atoms with E-state index in [1.807, 2.05) is 6.07 Å². The van der Waals surface area contributed by atoms with Crippen molar-refractivity contribution < 1.29 is 4.74 Å². The zero-order valence-electron chi connectivity index (χ0n) is 15.1. The van der Waals surface area contributed by atoms with E-state index in [2.05, 4.69) is 41.1 Å². The van der Waals surface area contributed by atoms with Crippen LogP contribution >= 0.6 is 0 Å². The summed E-state index contributed by atoms with van der Waals surface area (Å²) in [5.41, 5.74) is 0.390. The van der Waals surface area contributed by atoms with Crippen molar-refractivity contribution >= 4 is 17.7 Å². The highest BCUT2D eigenvalue weighted by Gasteiger charge is 2.23. The summed E-state index contributed by atoms with van der Waals surface area (Å²) in [4.78, 5) is 22.0. The Hall–Kier alpha value is -2.99. The van der Waals surface area contributed by atoms with E-state index in [0.717, 1.165) is 50.8 Å². The molecule has 27 heavy (non-hydrogen) atoms. The number of hydrogen-bond donors (Lipinski definition) is 1. The first-order valence-electron chi connectivity index (χ1n) is 9.22. The number of nitrogens with zero attached hydrogens (tertiary/aromatic N) is 7. The standard InChI is InChI=1S/C18H22N8O/c19-12-14-3-5-20-17(23-14)26-7-1-2-15(13-26)22-16-4-6-21-18(24-16)25-8-10-27-11-9-25/h3-6,15H,1-2,7-11,13H2,(H,21,22,24). The molecule has 0 spiro atoms. The minimum atomic E-state index is 0.237. The lowest BCUT2D eigenvalue weighted by Crippen LogP contribution is -2.43. The summed E-state index contributed by atoms with van der Waals surface area (Å²) in [5.74, 6) is 2.17. The molecular weight excluding hydrogens is 344 g/mol. The van der Waals surface area contributed by atoms with Crippen LogP contribution in [0.5, 0.6) is 0 Å². The van der Waals surface area contributed by atoms with Crippen LogP contribution in [-0.2, 0) is 4.74 Å². The molecule has 2 fully saturated rings. The zero-order valence-corrected chi connectivity index (χ0v) is 15.1. The van der Waals surface area contributed by atoms with Crippen LogP contribution in [0.2, 0.25) is 0 Å². The first kappa shape index (κ1) is 17.4. The second-order valence-electron chi connectivity index (χ2n) is 6.62. The molecule has 2 aromatic rings. The number of anilines is 3. The van der Waals surface area contributed by atoms with Crippen LogP contribution in [0.4, 0.5) is 17.7 Å². The molecule has 2 aromatic heterocycles. The van der Waals surface area contributed by atoms with Gasteiger partial charge in [-0.05, 0) is 25.0 Å². The van der Waals surface area contributed by atoms with E-state index < -0.39 is 0 Å². The Bertz CT molecular complexity index is 817. The van der Waals surface area contributed by atoms with Crippen LogP contribution < -0.4 is 15.1 Å². The maximum absolute atomic E-state index is 9.04. The average molecular weight is 366 g/mol. The maximum atomic E-state index is 9.04. The summed E-state index contributed by atoms with van der Waals surface area (Å²) in [7, 11) is 0. The Kier molecular flexibility index (Phi) is 5.25. The fourth-order valence-electron chi connectivity index (χ4n) is 3.39. The Morgan fingerprint density at radius 1 is 1.04 bits per heavy atom. The number of aromatic nitrogens is 4. The SMILES string of the molecule is N#Cc1ccnc(N2CCCC(Nc3ccnc(N4CCOCC4)n3)C2)n1. The molecule has 4 heterocycles. The molecule has 2 saturated heterocycles. The number of rotatable bonds is 4. The second kappa shape index (κ2) is 8.14. The van der Waals surface area contributed by atoms with Crippen molar-refractivity contribution in [1.29, 1.82) is 5.26 Å². The van der Waals surface area contributed by atoms with Gasteiger partial charge in [-0.15, -0.1) is 0 Å². The molecule has 9 nitrogen and oxygen atoms in total. The summed E-state index contributed by atoms with van der Waals surface area (Å²) in [6, 6.07) is 5.83. The van der Waals surface area contributed by atoms with Gasteiger partial charge in [-0.1, -0.05) is 0 Å². The lowest BCUT2D eigenvalue weighted by molar-refractivity contribution is 0.122. The molecule has 1 unspecified atom stereocenters. The first-order valence-corrected chi connectivity index (χ1v) is 9.22. The molecule has 0 aliphatic carbocycles. The number of ether oxygens (including phenoxy) is 1. The molecule has 1 N–H and O–H groups in total. The molecule has 4 rings (SSSR count). The van der Waals surface area contributed by atoms with E-state index in [0.29, 0.717) is 24.9 Å². The fraction of sp³-hybridized carbons (Fsp3) is 0.500. The van der Waals surface area contributed by atoms with Crippen LogP contribution in [0, 0.1) is 11.3 Å². The molecule has 1 atom stereocenters. The van der Waals surface area contributed by atoms with Crippen LogP contribution in [0.1, 0.15) is 18.5 Å².